The molecule has 2 unspecified atom stereocenters. The Kier molecular flexibility index (Phi) is 6.97. The van der Waals surface area contributed by atoms with Gasteiger partial charge in [-0.05, 0) is 38.5 Å². The first-order chi connectivity index (χ1) is 8.11. The number of rotatable bonds is 7. The van der Waals surface area contributed by atoms with Gasteiger partial charge < -0.3 is 10.6 Å². The Morgan fingerprint density at radius 1 is 1.41 bits per heavy atom. The van der Waals surface area contributed by atoms with Gasteiger partial charge >= 0.3 is 0 Å². The van der Waals surface area contributed by atoms with E-state index in [0.717, 1.165) is 31.1 Å². The van der Waals surface area contributed by atoms with Crippen molar-refractivity contribution < 1.29 is 4.79 Å². The van der Waals surface area contributed by atoms with E-state index in [1.54, 1.807) is 0 Å². The predicted molar refractivity (Wildman–Crippen MR) is 75.5 cm³/mol. The molecule has 1 fully saturated rings. The Labute approximate surface area is 109 Å². The van der Waals surface area contributed by atoms with Crippen molar-refractivity contribution >= 4 is 17.7 Å². The van der Waals surface area contributed by atoms with Gasteiger partial charge in [-0.25, -0.2) is 0 Å². The summed E-state index contributed by atoms with van der Waals surface area (Å²) in [5.41, 5.74) is 0. The van der Waals surface area contributed by atoms with Crippen LogP contribution in [-0.4, -0.2) is 36.0 Å². The molecular weight excluding hydrogens is 232 g/mol. The summed E-state index contributed by atoms with van der Waals surface area (Å²) >= 11 is 1.93. The van der Waals surface area contributed by atoms with Gasteiger partial charge in [-0.1, -0.05) is 13.8 Å². The maximum absolute atomic E-state index is 11.7. The second kappa shape index (κ2) is 7.98. The van der Waals surface area contributed by atoms with Crippen molar-refractivity contribution in [2.24, 2.45) is 0 Å². The Morgan fingerprint density at radius 3 is 2.76 bits per heavy atom. The van der Waals surface area contributed by atoms with Crippen LogP contribution in [0.4, 0.5) is 0 Å². The van der Waals surface area contributed by atoms with Crippen LogP contribution in [-0.2, 0) is 4.79 Å². The molecule has 0 saturated heterocycles. The van der Waals surface area contributed by atoms with E-state index in [-0.39, 0.29) is 5.91 Å². The molecule has 0 aromatic heterocycles. The van der Waals surface area contributed by atoms with E-state index in [2.05, 4.69) is 30.7 Å². The van der Waals surface area contributed by atoms with Gasteiger partial charge in [-0.15, -0.1) is 0 Å². The number of nitrogens with one attached hydrogen (secondary N) is 2. The van der Waals surface area contributed by atoms with Gasteiger partial charge in [-0.3, -0.25) is 4.79 Å². The Balaban J connectivity index is 2.05. The zero-order chi connectivity index (χ0) is 12.7. The number of carbonyl (C=O) groups is 1. The van der Waals surface area contributed by atoms with Gasteiger partial charge in [0.15, 0.2) is 0 Å². The van der Waals surface area contributed by atoms with Gasteiger partial charge in [0, 0.05) is 23.8 Å². The molecular formula is C13H26N2OS. The summed E-state index contributed by atoms with van der Waals surface area (Å²) < 4.78 is 0. The third-order valence-electron chi connectivity index (χ3n) is 3.22. The fourth-order valence-corrected chi connectivity index (χ4v) is 3.02. The highest BCUT2D eigenvalue weighted by Gasteiger charge is 2.24. The molecule has 1 aliphatic rings. The smallest absolute Gasteiger partial charge is 0.220 e. The lowest BCUT2D eigenvalue weighted by Gasteiger charge is -2.13. The Bertz CT molecular complexity index is 233. The second-order valence-corrected chi connectivity index (χ2v) is 6.29. The van der Waals surface area contributed by atoms with Gasteiger partial charge in [-0.2, -0.15) is 11.8 Å². The summed E-state index contributed by atoms with van der Waals surface area (Å²) in [4.78, 5) is 11.7. The van der Waals surface area contributed by atoms with E-state index in [0.29, 0.717) is 18.5 Å². The quantitative estimate of drug-likeness (QED) is 0.688. The van der Waals surface area contributed by atoms with Crippen LogP contribution in [0.15, 0.2) is 0 Å². The Morgan fingerprint density at radius 2 is 2.18 bits per heavy atom. The molecule has 1 amide bonds. The van der Waals surface area contributed by atoms with Crippen LogP contribution in [0.5, 0.6) is 0 Å². The molecule has 0 aliphatic heterocycles. The van der Waals surface area contributed by atoms with Crippen LogP contribution in [0.3, 0.4) is 0 Å². The Hall–Kier alpha value is -0.220. The molecule has 1 aliphatic carbocycles. The number of hydrogen-bond acceptors (Lipinski definition) is 3. The minimum Gasteiger partial charge on any atom is -0.353 e. The standard InChI is InChI=1S/C13H26N2OS/c1-10(2)14-8-4-5-13(16)15-11-6-7-12(9-11)17-3/h10-12,14H,4-9H2,1-3H3,(H,15,16). The summed E-state index contributed by atoms with van der Waals surface area (Å²) in [6.07, 6.45) is 7.30. The van der Waals surface area contributed by atoms with Crippen molar-refractivity contribution in [1.29, 1.82) is 0 Å². The van der Waals surface area contributed by atoms with E-state index >= 15 is 0 Å². The molecule has 0 spiro atoms. The average Bonchev–Trinajstić information content (AvgIpc) is 2.72. The molecule has 17 heavy (non-hydrogen) atoms. The highest BCUT2D eigenvalue weighted by molar-refractivity contribution is 7.99. The highest BCUT2D eigenvalue weighted by Crippen LogP contribution is 2.28. The number of carbonyl (C=O) groups excluding carboxylic acids is 1. The first-order valence-corrected chi connectivity index (χ1v) is 7.96. The molecule has 0 aromatic rings. The molecule has 4 heteroatoms. The lowest BCUT2D eigenvalue weighted by Crippen LogP contribution is -2.33. The van der Waals surface area contributed by atoms with E-state index in [4.69, 9.17) is 0 Å². The summed E-state index contributed by atoms with van der Waals surface area (Å²) in [5.74, 6) is 0.224. The second-order valence-electron chi connectivity index (χ2n) is 5.15. The van der Waals surface area contributed by atoms with Crippen LogP contribution >= 0.6 is 11.8 Å². The molecule has 100 valence electrons. The molecule has 1 rings (SSSR count). The third-order valence-corrected chi connectivity index (χ3v) is 4.31. The zero-order valence-electron chi connectivity index (χ0n) is 11.3. The van der Waals surface area contributed by atoms with Crippen LogP contribution < -0.4 is 10.6 Å². The lowest BCUT2D eigenvalue weighted by molar-refractivity contribution is -0.121. The van der Waals surface area contributed by atoms with Crippen molar-refractivity contribution in [3.8, 4) is 0 Å². The van der Waals surface area contributed by atoms with Crippen LogP contribution in [0, 0.1) is 0 Å². The molecule has 0 bridgehead atoms. The van der Waals surface area contributed by atoms with E-state index < -0.39 is 0 Å². The van der Waals surface area contributed by atoms with Gasteiger partial charge in [0.05, 0.1) is 0 Å². The number of hydrogen-bond donors (Lipinski definition) is 2. The first-order valence-electron chi connectivity index (χ1n) is 6.67. The van der Waals surface area contributed by atoms with Gasteiger partial charge in [0.25, 0.3) is 0 Å². The number of amides is 1. The first kappa shape index (κ1) is 14.8. The minimum absolute atomic E-state index is 0.224. The lowest BCUT2D eigenvalue weighted by atomic mass is 10.2. The average molecular weight is 258 g/mol. The molecule has 0 heterocycles. The van der Waals surface area contributed by atoms with Crippen molar-refractivity contribution in [3.05, 3.63) is 0 Å². The SMILES string of the molecule is CSC1CCC(NC(=O)CCCNC(C)C)C1. The van der Waals surface area contributed by atoms with Gasteiger partial charge in [0.2, 0.25) is 5.91 Å². The molecule has 3 nitrogen and oxygen atoms in total. The highest BCUT2D eigenvalue weighted by atomic mass is 32.2. The third kappa shape index (κ3) is 6.32. The van der Waals surface area contributed by atoms with E-state index in [1.165, 1.54) is 6.42 Å². The van der Waals surface area contributed by atoms with Crippen molar-refractivity contribution in [3.63, 3.8) is 0 Å². The predicted octanol–water partition coefficient (Wildman–Crippen LogP) is 2.16. The molecule has 0 radical (unpaired) electrons. The molecule has 2 N–H and O–H groups in total. The minimum atomic E-state index is 0.224. The van der Waals surface area contributed by atoms with E-state index in [9.17, 15) is 4.79 Å². The molecule has 2 atom stereocenters. The van der Waals surface area contributed by atoms with Crippen LogP contribution in [0.25, 0.3) is 0 Å². The summed E-state index contributed by atoms with van der Waals surface area (Å²) in [6.45, 7) is 5.19. The summed E-state index contributed by atoms with van der Waals surface area (Å²) in [5, 5.41) is 7.23. The monoisotopic (exact) mass is 258 g/mol. The van der Waals surface area contributed by atoms with Gasteiger partial charge in [0.1, 0.15) is 0 Å². The van der Waals surface area contributed by atoms with Crippen LogP contribution in [0.2, 0.25) is 0 Å². The van der Waals surface area contributed by atoms with Crippen molar-refractivity contribution in [2.45, 2.75) is 63.3 Å². The zero-order valence-corrected chi connectivity index (χ0v) is 12.1. The van der Waals surface area contributed by atoms with E-state index in [1.807, 2.05) is 11.8 Å². The number of thioether (sulfide) groups is 1. The van der Waals surface area contributed by atoms with Crippen molar-refractivity contribution in [1.82, 2.24) is 10.6 Å². The summed E-state index contributed by atoms with van der Waals surface area (Å²) in [7, 11) is 0. The van der Waals surface area contributed by atoms with Crippen molar-refractivity contribution in [2.75, 3.05) is 12.8 Å². The fourth-order valence-electron chi connectivity index (χ4n) is 2.22. The van der Waals surface area contributed by atoms with Crippen LogP contribution in [0.1, 0.15) is 46.0 Å². The fraction of sp³-hybridized carbons (Fsp3) is 0.923. The molecule has 0 aromatic carbocycles. The topological polar surface area (TPSA) is 41.1 Å². The summed E-state index contributed by atoms with van der Waals surface area (Å²) in [6, 6.07) is 0.938. The normalized spacial score (nSPS) is 24.2. The maximum Gasteiger partial charge on any atom is 0.220 e. The maximum atomic E-state index is 11.7. The molecule has 1 saturated carbocycles. The largest absolute Gasteiger partial charge is 0.353 e.